The predicted octanol–water partition coefficient (Wildman–Crippen LogP) is 5.49. The number of aliphatic hydroxyl groups is 1. The van der Waals surface area contributed by atoms with Gasteiger partial charge in [-0.3, -0.25) is 18.9 Å². The Labute approximate surface area is 267 Å². The molecule has 2 N–H and O–H groups in total. The number of hydrogen-bond acceptors (Lipinski definition) is 8. The molecule has 1 unspecified atom stereocenters. The molecular weight excluding hydrogens is 584 g/mol. The van der Waals surface area contributed by atoms with Gasteiger partial charge in [-0.15, -0.1) is 0 Å². The maximum absolute atomic E-state index is 14.4. The number of fused-ring (bicyclic) bond motifs is 1. The summed E-state index contributed by atoms with van der Waals surface area (Å²) in [6, 6.07) is 15.8. The number of unbranched alkanes of at least 4 members (excludes halogenated alkanes) is 1. The highest BCUT2D eigenvalue weighted by molar-refractivity contribution is 5.80. The standard InChI is InChI=1S/C35H42N6O5/c1-5-6-11-30-29(20-23-12-14-24(15-13-23)27-9-7-8-10-28(27)31-38-34(43)46-39-31)32(42)40(33-36-21-37-41(30)33)25-16-18-26(19-17-25)45-22(2)35(3,4)44/h7-10,12-15,21-22,25-26,44H,5-6,11,16-20H2,1-4H3,(H,38,39,43)/t22?,25-,26-. The van der Waals surface area contributed by atoms with Gasteiger partial charge in [-0.1, -0.05) is 67.0 Å². The van der Waals surface area contributed by atoms with Crippen LogP contribution in [0.5, 0.6) is 0 Å². The van der Waals surface area contributed by atoms with Crippen LogP contribution in [0.25, 0.3) is 28.3 Å². The zero-order chi connectivity index (χ0) is 32.4. The molecule has 11 nitrogen and oxygen atoms in total. The molecule has 0 spiro atoms. The number of rotatable bonds is 11. The Morgan fingerprint density at radius 1 is 1.07 bits per heavy atom. The van der Waals surface area contributed by atoms with Crippen molar-refractivity contribution in [2.45, 2.75) is 103 Å². The second-order valence-electron chi connectivity index (χ2n) is 12.9. The molecule has 0 aliphatic heterocycles. The minimum Gasteiger partial charge on any atom is -0.388 e. The highest BCUT2D eigenvalue weighted by Gasteiger charge is 2.31. The summed E-state index contributed by atoms with van der Waals surface area (Å²) in [6.45, 7) is 7.58. The van der Waals surface area contributed by atoms with E-state index in [2.05, 4.69) is 27.1 Å². The van der Waals surface area contributed by atoms with E-state index >= 15 is 0 Å². The van der Waals surface area contributed by atoms with Gasteiger partial charge in [-0.25, -0.2) is 9.31 Å². The number of H-pyrrole nitrogens is 1. The Bertz CT molecular complexity index is 1900. The third-order valence-corrected chi connectivity index (χ3v) is 9.26. The summed E-state index contributed by atoms with van der Waals surface area (Å²) in [7, 11) is 0. The monoisotopic (exact) mass is 626 g/mol. The Morgan fingerprint density at radius 2 is 1.78 bits per heavy atom. The molecule has 3 heterocycles. The van der Waals surface area contributed by atoms with Crippen molar-refractivity contribution in [2.75, 3.05) is 0 Å². The summed E-state index contributed by atoms with van der Waals surface area (Å²) >= 11 is 0. The van der Waals surface area contributed by atoms with Crippen molar-refractivity contribution in [3.8, 4) is 22.5 Å². The first kappa shape index (κ1) is 31.6. The van der Waals surface area contributed by atoms with E-state index < -0.39 is 11.4 Å². The normalized spacial score (nSPS) is 17.8. The van der Waals surface area contributed by atoms with Gasteiger partial charge < -0.3 is 9.84 Å². The highest BCUT2D eigenvalue weighted by Crippen LogP contribution is 2.33. The third-order valence-electron chi connectivity index (χ3n) is 9.26. The fourth-order valence-corrected chi connectivity index (χ4v) is 6.37. The SMILES string of the molecule is CCCCc1c(Cc2ccc(-c3ccccc3-c3noc(=O)[nH]3)cc2)c(=O)n([C@H]2CC[C@H](OC(C)C(C)(C)O)CC2)c2ncnn12. The second kappa shape index (κ2) is 13.2. The Hall–Kier alpha value is -4.35. The largest absolute Gasteiger partial charge is 0.439 e. The second-order valence-corrected chi connectivity index (χ2v) is 12.9. The van der Waals surface area contributed by atoms with Gasteiger partial charge >= 0.3 is 5.76 Å². The number of aromatic nitrogens is 6. The van der Waals surface area contributed by atoms with Gasteiger partial charge in [0.05, 0.1) is 23.5 Å². The van der Waals surface area contributed by atoms with Crippen molar-refractivity contribution < 1.29 is 14.4 Å². The topological polar surface area (TPSA) is 141 Å². The minimum absolute atomic E-state index is 0.00904. The van der Waals surface area contributed by atoms with Crippen molar-refractivity contribution in [1.29, 1.82) is 0 Å². The number of aromatic amines is 1. The third kappa shape index (κ3) is 6.47. The molecule has 5 aromatic rings. The van der Waals surface area contributed by atoms with Crippen LogP contribution < -0.4 is 11.3 Å². The van der Waals surface area contributed by atoms with Crippen molar-refractivity contribution in [2.24, 2.45) is 0 Å². The number of hydrogen-bond donors (Lipinski definition) is 2. The lowest BCUT2D eigenvalue weighted by Gasteiger charge is -2.35. The maximum Gasteiger partial charge on any atom is 0.439 e. The van der Waals surface area contributed by atoms with Gasteiger partial charge in [0.15, 0.2) is 5.82 Å². The van der Waals surface area contributed by atoms with Crippen molar-refractivity contribution in [3.05, 3.63) is 92.6 Å². The molecule has 11 heteroatoms. The van der Waals surface area contributed by atoms with Gasteiger partial charge in [0.2, 0.25) is 5.78 Å². The van der Waals surface area contributed by atoms with Gasteiger partial charge in [-0.2, -0.15) is 10.1 Å². The summed E-state index contributed by atoms with van der Waals surface area (Å²) in [5, 5.41) is 18.8. The Morgan fingerprint density at radius 3 is 2.43 bits per heavy atom. The summed E-state index contributed by atoms with van der Waals surface area (Å²) in [4.78, 5) is 33.2. The van der Waals surface area contributed by atoms with E-state index in [0.29, 0.717) is 18.0 Å². The first-order chi connectivity index (χ1) is 22.1. The molecule has 0 saturated heterocycles. The lowest BCUT2D eigenvalue weighted by Crippen LogP contribution is -2.40. The van der Waals surface area contributed by atoms with Gasteiger partial charge in [0.1, 0.15) is 6.33 Å². The van der Waals surface area contributed by atoms with Crippen LogP contribution in [-0.4, -0.2) is 52.2 Å². The number of ether oxygens (including phenoxy) is 1. The van der Waals surface area contributed by atoms with E-state index in [1.54, 1.807) is 20.2 Å². The van der Waals surface area contributed by atoms with Crippen molar-refractivity contribution in [1.82, 2.24) is 29.3 Å². The number of nitrogens with zero attached hydrogens (tertiary/aromatic N) is 5. The zero-order valence-electron chi connectivity index (χ0n) is 26.9. The van der Waals surface area contributed by atoms with E-state index in [1.165, 1.54) is 0 Å². The molecule has 1 aliphatic carbocycles. The van der Waals surface area contributed by atoms with Gasteiger partial charge in [-0.05, 0) is 76.0 Å². The van der Waals surface area contributed by atoms with Crippen LogP contribution in [0.15, 0.2) is 69.0 Å². The fourth-order valence-electron chi connectivity index (χ4n) is 6.37. The molecule has 1 atom stereocenters. The van der Waals surface area contributed by atoms with E-state index in [0.717, 1.165) is 78.5 Å². The quantitative estimate of drug-likeness (QED) is 0.196. The van der Waals surface area contributed by atoms with E-state index in [4.69, 9.17) is 9.26 Å². The van der Waals surface area contributed by atoms with Crippen LogP contribution >= 0.6 is 0 Å². The Kier molecular flexibility index (Phi) is 9.06. The molecule has 6 rings (SSSR count). The fraction of sp³-hybridized carbons (Fsp3) is 0.457. The Balaban J connectivity index is 1.31. The molecule has 1 saturated carbocycles. The molecule has 0 bridgehead atoms. The van der Waals surface area contributed by atoms with E-state index in [1.807, 2.05) is 64.5 Å². The van der Waals surface area contributed by atoms with Gasteiger partial charge in [0, 0.05) is 23.6 Å². The first-order valence-corrected chi connectivity index (χ1v) is 16.2. The molecule has 0 radical (unpaired) electrons. The lowest BCUT2D eigenvalue weighted by molar-refractivity contribution is -0.118. The van der Waals surface area contributed by atoms with Gasteiger partial charge in [0.25, 0.3) is 5.56 Å². The van der Waals surface area contributed by atoms with Crippen LogP contribution in [0.2, 0.25) is 0 Å². The predicted molar refractivity (Wildman–Crippen MR) is 175 cm³/mol. The summed E-state index contributed by atoms with van der Waals surface area (Å²) in [5.74, 6) is 0.363. The van der Waals surface area contributed by atoms with Crippen LogP contribution in [0.4, 0.5) is 0 Å². The van der Waals surface area contributed by atoms with Crippen LogP contribution in [0.3, 0.4) is 0 Å². The zero-order valence-corrected chi connectivity index (χ0v) is 26.9. The average Bonchev–Trinajstić information content (AvgIpc) is 3.71. The molecule has 1 fully saturated rings. The molecule has 1 aliphatic rings. The number of nitrogens with one attached hydrogen (secondary N) is 1. The molecule has 0 amide bonds. The summed E-state index contributed by atoms with van der Waals surface area (Å²) in [6.07, 6.45) is 7.60. The van der Waals surface area contributed by atoms with E-state index in [-0.39, 0.29) is 23.8 Å². The summed E-state index contributed by atoms with van der Waals surface area (Å²) < 4.78 is 14.7. The van der Waals surface area contributed by atoms with E-state index in [9.17, 15) is 14.7 Å². The minimum atomic E-state index is -0.913. The van der Waals surface area contributed by atoms with Crippen LogP contribution in [0, 0.1) is 0 Å². The molecule has 46 heavy (non-hydrogen) atoms. The molecule has 242 valence electrons. The maximum atomic E-state index is 14.4. The smallest absolute Gasteiger partial charge is 0.388 e. The van der Waals surface area contributed by atoms with Crippen LogP contribution in [0.1, 0.15) is 89.1 Å². The number of benzene rings is 2. The first-order valence-electron chi connectivity index (χ1n) is 16.2. The summed E-state index contributed by atoms with van der Waals surface area (Å²) in [5.41, 5.74) is 4.37. The molecular formula is C35H42N6O5. The molecule has 2 aromatic carbocycles. The highest BCUT2D eigenvalue weighted by atomic mass is 16.5. The molecule has 3 aromatic heterocycles. The average molecular weight is 627 g/mol. The van der Waals surface area contributed by atoms with Crippen molar-refractivity contribution in [3.63, 3.8) is 0 Å². The number of aryl methyl sites for hydroxylation is 1. The lowest BCUT2D eigenvalue weighted by atomic mass is 9.91. The van der Waals surface area contributed by atoms with Crippen molar-refractivity contribution >= 4 is 5.78 Å². The van der Waals surface area contributed by atoms with Crippen LogP contribution in [-0.2, 0) is 17.6 Å².